The Morgan fingerprint density at radius 2 is 2.00 bits per heavy atom. The predicted molar refractivity (Wildman–Crippen MR) is 91.4 cm³/mol. The molecule has 0 aliphatic carbocycles. The number of H-pyrrole nitrogens is 1. The number of aromatic nitrogens is 2. The van der Waals surface area contributed by atoms with Crippen molar-refractivity contribution in [2.24, 2.45) is 0 Å². The molecule has 0 fully saturated rings. The summed E-state index contributed by atoms with van der Waals surface area (Å²) < 4.78 is 1.02. The third kappa shape index (κ3) is 3.53. The van der Waals surface area contributed by atoms with Gasteiger partial charge in [-0.05, 0) is 42.0 Å². The topological polar surface area (TPSA) is 69.8 Å². The van der Waals surface area contributed by atoms with E-state index in [1.54, 1.807) is 12.4 Å². The normalized spacial score (nSPS) is 11.0. The van der Waals surface area contributed by atoms with Gasteiger partial charge in [-0.3, -0.25) is 5.10 Å². The molecule has 0 radical (unpaired) electrons. The maximum absolute atomic E-state index is 11.8. The number of aromatic amines is 1. The standard InChI is InChI=1S/C16H13BrN4O/c17-13-4-1-11(2-5-13)7-8-18-16(22)20-14-6-3-12-10-19-21-15(12)9-14/h1-10H,(H,19,21)(H2,18,20,22)/b8-7+. The zero-order chi connectivity index (χ0) is 15.4. The molecular weight excluding hydrogens is 344 g/mol. The number of anilines is 1. The number of rotatable bonds is 3. The van der Waals surface area contributed by atoms with E-state index in [1.807, 2.05) is 48.5 Å². The molecule has 0 saturated carbocycles. The molecule has 110 valence electrons. The van der Waals surface area contributed by atoms with E-state index in [1.165, 1.54) is 0 Å². The van der Waals surface area contributed by atoms with Gasteiger partial charge in [0.25, 0.3) is 0 Å². The first-order chi connectivity index (χ1) is 10.7. The van der Waals surface area contributed by atoms with E-state index < -0.39 is 0 Å². The number of amides is 2. The van der Waals surface area contributed by atoms with E-state index in [2.05, 4.69) is 36.8 Å². The highest BCUT2D eigenvalue weighted by Crippen LogP contribution is 2.16. The highest BCUT2D eigenvalue weighted by molar-refractivity contribution is 9.10. The fourth-order valence-corrected chi connectivity index (χ4v) is 2.23. The van der Waals surface area contributed by atoms with Crippen molar-refractivity contribution in [1.29, 1.82) is 0 Å². The third-order valence-corrected chi connectivity index (χ3v) is 3.59. The number of carbonyl (C=O) groups excluding carboxylic acids is 1. The molecule has 0 atom stereocenters. The van der Waals surface area contributed by atoms with E-state index >= 15 is 0 Å². The highest BCUT2D eigenvalue weighted by Gasteiger charge is 2.01. The van der Waals surface area contributed by atoms with Crippen molar-refractivity contribution in [3.63, 3.8) is 0 Å². The summed E-state index contributed by atoms with van der Waals surface area (Å²) in [7, 11) is 0. The molecule has 0 spiro atoms. The van der Waals surface area contributed by atoms with Crippen LogP contribution in [0.15, 0.2) is 59.3 Å². The number of hydrogen-bond acceptors (Lipinski definition) is 2. The summed E-state index contributed by atoms with van der Waals surface area (Å²) in [5.74, 6) is 0. The molecule has 22 heavy (non-hydrogen) atoms. The first kappa shape index (κ1) is 14.3. The molecule has 3 aromatic rings. The Morgan fingerprint density at radius 1 is 1.18 bits per heavy atom. The second-order valence-corrected chi connectivity index (χ2v) is 5.57. The van der Waals surface area contributed by atoms with Gasteiger partial charge in [0.15, 0.2) is 0 Å². The van der Waals surface area contributed by atoms with Crippen LogP contribution < -0.4 is 10.6 Å². The van der Waals surface area contributed by atoms with Crippen molar-refractivity contribution in [1.82, 2.24) is 15.5 Å². The van der Waals surface area contributed by atoms with Gasteiger partial charge in [0.05, 0.1) is 11.7 Å². The number of halogens is 1. The number of hydrogen-bond donors (Lipinski definition) is 3. The molecule has 0 bridgehead atoms. The molecule has 5 nitrogen and oxygen atoms in total. The third-order valence-electron chi connectivity index (χ3n) is 3.06. The lowest BCUT2D eigenvalue weighted by Gasteiger charge is -2.04. The van der Waals surface area contributed by atoms with E-state index in [-0.39, 0.29) is 6.03 Å². The van der Waals surface area contributed by atoms with Gasteiger partial charge in [-0.2, -0.15) is 5.10 Å². The van der Waals surface area contributed by atoms with Crippen molar-refractivity contribution in [2.75, 3.05) is 5.32 Å². The molecule has 0 unspecified atom stereocenters. The number of benzene rings is 2. The Kier molecular flexibility index (Phi) is 4.20. The Morgan fingerprint density at radius 3 is 2.82 bits per heavy atom. The monoisotopic (exact) mass is 356 g/mol. The van der Waals surface area contributed by atoms with E-state index in [0.717, 1.165) is 20.9 Å². The van der Waals surface area contributed by atoms with Gasteiger partial charge in [0.1, 0.15) is 0 Å². The van der Waals surface area contributed by atoms with Crippen LogP contribution in [0.2, 0.25) is 0 Å². The minimum atomic E-state index is -0.299. The van der Waals surface area contributed by atoms with E-state index in [4.69, 9.17) is 0 Å². The summed E-state index contributed by atoms with van der Waals surface area (Å²) in [5, 5.41) is 13.2. The zero-order valence-electron chi connectivity index (χ0n) is 11.5. The summed E-state index contributed by atoms with van der Waals surface area (Å²) in [4.78, 5) is 11.8. The van der Waals surface area contributed by atoms with Gasteiger partial charge in [-0.25, -0.2) is 4.79 Å². The molecule has 2 amide bonds. The lowest BCUT2D eigenvalue weighted by molar-refractivity contribution is 0.255. The van der Waals surface area contributed by atoms with Crippen molar-refractivity contribution >= 4 is 44.6 Å². The average molecular weight is 357 g/mol. The molecule has 6 heteroatoms. The Bertz CT molecular complexity index is 824. The largest absolute Gasteiger partial charge is 0.323 e. The minimum Gasteiger partial charge on any atom is -0.314 e. The van der Waals surface area contributed by atoms with Crippen molar-refractivity contribution in [2.45, 2.75) is 0 Å². The van der Waals surface area contributed by atoms with Crippen molar-refractivity contribution in [3.05, 3.63) is 64.9 Å². The Balaban J connectivity index is 1.58. The Hall–Kier alpha value is -2.60. The lowest BCUT2D eigenvalue weighted by Crippen LogP contribution is -2.23. The van der Waals surface area contributed by atoms with Crippen LogP contribution in [0.3, 0.4) is 0 Å². The van der Waals surface area contributed by atoms with Crippen LogP contribution in [0.1, 0.15) is 5.56 Å². The summed E-state index contributed by atoms with van der Waals surface area (Å²) in [6, 6.07) is 13.0. The SMILES string of the molecule is O=C(N/C=C/c1ccc(Br)cc1)Nc1ccc2cn[nH]c2c1. The first-order valence-electron chi connectivity index (χ1n) is 6.63. The van der Waals surface area contributed by atoms with Crippen molar-refractivity contribution < 1.29 is 4.79 Å². The van der Waals surface area contributed by atoms with Gasteiger partial charge < -0.3 is 10.6 Å². The summed E-state index contributed by atoms with van der Waals surface area (Å²) in [6.07, 6.45) is 5.16. The molecule has 3 rings (SSSR count). The van der Waals surface area contributed by atoms with Gasteiger partial charge in [0, 0.05) is 21.7 Å². The highest BCUT2D eigenvalue weighted by atomic mass is 79.9. The maximum Gasteiger partial charge on any atom is 0.323 e. The average Bonchev–Trinajstić information content (AvgIpc) is 2.97. The fourth-order valence-electron chi connectivity index (χ4n) is 1.97. The smallest absolute Gasteiger partial charge is 0.314 e. The van der Waals surface area contributed by atoms with Gasteiger partial charge in [0.2, 0.25) is 0 Å². The zero-order valence-corrected chi connectivity index (χ0v) is 13.1. The fraction of sp³-hybridized carbons (Fsp3) is 0. The second kappa shape index (κ2) is 6.44. The quantitative estimate of drug-likeness (QED) is 0.660. The molecule has 1 heterocycles. The van der Waals surface area contributed by atoms with Crippen LogP contribution in [0.25, 0.3) is 17.0 Å². The number of carbonyl (C=O) groups is 1. The van der Waals surface area contributed by atoms with Crippen LogP contribution in [0.4, 0.5) is 10.5 Å². The van der Waals surface area contributed by atoms with Crippen LogP contribution >= 0.6 is 15.9 Å². The van der Waals surface area contributed by atoms with E-state index in [0.29, 0.717) is 5.69 Å². The predicted octanol–water partition coefficient (Wildman–Crippen LogP) is 4.12. The molecule has 0 aliphatic heterocycles. The molecule has 2 aromatic carbocycles. The summed E-state index contributed by atoms with van der Waals surface area (Å²) >= 11 is 3.38. The summed E-state index contributed by atoms with van der Waals surface area (Å²) in [6.45, 7) is 0. The van der Waals surface area contributed by atoms with Crippen LogP contribution in [0.5, 0.6) is 0 Å². The number of fused-ring (bicyclic) bond motifs is 1. The van der Waals surface area contributed by atoms with E-state index in [9.17, 15) is 4.79 Å². The Labute approximate surface area is 135 Å². The van der Waals surface area contributed by atoms with Crippen LogP contribution in [-0.4, -0.2) is 16.2 Å². The lowest BCUT2D eigenvalue weighted by atomic mass is 10.2. The number of nitrogens with zero attached hydrogens (tertiary/aromatic N) is 1. The van der Waals surface area contributed by atoms with Crippen LogP contribution in [-0.2, 0) is 0 Å². The van der Waals surface area contributed by atoms with Gasteiger partial charge in [-0.15, -0.1) is 0 Å². The maximum atomic E-state index is 11.8. The van der Waals surface area contributed by atoms with Crippen molar-refractivity contribution in [3.8, 4) is 0 Å². The van der Waals surface area contributed by atoms with Crippen LogP contribution in [0, 0.1) is 0 Å². The minimum absolute atomic E-state index is 0.299. The molecule has 0 aliphatic rings. The molecule has 3 N–H and O–H groups in total. The van der Waals surface area contributed by atoms with Gasteiger partial charge in [-0.1, -0.05) is 28.1 Å². The molecular formula is C16H13BrN4O. The number of urea groups is 1. The first-order valence-corrected chi connectivity index (χ1v) is 7.43. The molecule has 0 saturated heterocycles. The molecule has 1 aromatic heterocycles. The van der Waals surface area contributed by atoms with Gasteiger partial charge >= 0.3 is 6.03 Å². The number of nitrogens with one attached hydrogen (secondary N) is 3. The second-order valence-electron chi connectivity index (χ2n) is 4.66. The summed E-state index contributed by atoms with van der Waals surface area (Å²) in [5.41, 5.74) is 2.58.